The molecule has 0 saturated heterocycles. The number of guanidine groups is 1. The van der Waals surface area contributed by atoms with E-state index in [-0.39, 0.29) is 24.1 Å². The molecule has 9 heteroatoms. The number of hydroxylamine groups is 2. The summed E-state index contributed by atoms with van der Waals surface area (Å²) in [6, 6.07) is 5.70. The first kappa shape index (κ1) is 16.4. The smallest absolute Gasteiger partial charge is 0.276 e. The van der Waals surface area contributed by atoms with Gasteiger partial charge in [0, 0.05) is 18.1 Å². The van der Waals surface area contributed by atoms with Crippen molar-refractivity contribution < 1.29 is 10.0 Å². The number of carbonyl (C=O) groups is 1. The fraction of sp³-hybridized carbons (Fsp3) is 0.176. The SMILES string of the molecule is Cc1csc(CN(O)C2=N/C(=C\c3ccc4ncn(C)c4c3)C(=O)N2)n1. The van der Waals surface area contributed by atoms with Crippen LogP contribution in [-0.2, 0) is 18.4 Å². The molecule has 0 aliphatic carbocycles. The molecule has 0 saturated carbocycles. The van der Waals surface area contributed by atoms with Gasteiger partial charge < -0.3 is 4.57 Å². The van der Waals surface area contributed by atoms with Gasteiger partial charge in [0.05, 0.1) is 17.4 Å². The number of nitrogens with one attached hydrogen (secondary N) is 1. The molecule has 8 nitrogen and oxygen atoms in total. The van der Waals surface area contributed by atoms with Crippen LogP contribution in [0.5, 0.6) is 0 Å². The van der Waals surface area contributed by atoms with E-state index in [0.29, 0.717) is 0 Å². The van der Waals surface area contributed by atoms with Gasteiger partial charge in [-0.3, -0.25) is 15.3 Å². The molecule has 1 aliphatic rings. The molecule has 0 fully saturated rings. The number of rotatable bonds is 3. The quantitative estimate of drug-likeness (QED) is 0.545. The summed E-state index contributed by atoms with van der Waals surface area (Å²) in [5.41, 5.74) is 3.80. The minimum absolute atomic E-state index is 0.0933. The number of aromatic nitrogens is 3. The summed E-state index contributed by atoms with van der Waals surface area (Å²) in [6.45, 7) is 2.04. The molecule has 3 heterocycles. The topological polar surface area (TPSA) is 95.6 Å². The molecule has 0 radical (unpaired) electrons. The second-order valence-electron chi connectivity index (χ2n) is 5.96. The molecule has 3 aromatic rings. The number of benzene rings is 1. The van der Waals surface area contributed by atoms with Gasteiger partial charge in [0.2, 0.25) is 5.96 Å². The number of nitrogens with zero attached hydrogens (tertiary/aromatic N) is 5. The Labute approximate surface area is 153 Å². The van der Waals surface area contributed by atoms with Crippen LogP contribution in [0.15, 0.2) is 40.6 Å². The van der Waals surface area contributed by atoms with Crippen molar-refractivity contribution in [3.8, 4) is 0 Å². The molecule has 2 N–H and O–H groups in total. The average molecular weight is 368 g/mol. The maximum absolute atomic E-state index is 12.2. The van der Waals surface area contributed by atoms with Gasteiger partial charge >= 0.3 is 0 Å². The van der Waals surface area contributed by atoms with E-state index < -0.39 is 0 Å². The summed E-state index contributed by atoms with van der Waals surface area (Å²) in [4.78, 5) is 24.9. The van der Waals surface area contributed by atoms with E-state index in [0.717, 1.165) is 32.4 Å². The maximum Gasteiger partial charge on any atom is 0.276 e. The van der Waals surface area contributed by atoms with Crippen molar-refractivity contribution in [2.75, 3.05) is 0 Å². The summed E-state index contributed by atoms with van der Waals surface area (Å²) in [5.74, 6) is -0.268. The first-order valence-corrected chi connectivity index (χ1v) is 8.78. The van der Waals surface area contributed by atoms with Gasteiger partial charge in [-0.25, -0.2) is 20.0 Å². The Bertz CT molecular complexity index is 1060. The molecule has 2 aromatic heterocycles. The highest BCUT2D eigenvalue weighted by Crippen LogP contribution is 2.19. The number of thiazole rings is 1. The second-order valence-corrected chi connectivity index (χ2v) is 6.91. The van der Waals surface area contributed by atoms with E-state index in [1.807, 2.05) is 42.1 Å². The molecule has 0 bridgehead atoms. The summed E-state index contributed by atoms with van der Waals surface area (Å²) >= 11 is 1.44. The molecule has 0 atom stereocenters. The van der Waals surface area contributed by atoms with E-state index in [4.69, 9.17) is 0 Å². The Morgan fingerprint density at radius 3 is 3.04 bits per heavy atom. The normalized spacial score (nSPS) is 15.6. The number of hydrogen-bond acceptors (Lipinski definition) is 7. The van der Waals surface area contributed by atoms with Crippen molar-refractivity contribution in [3.63, 3.8) is 0 Å². The number of hydrogen-bond donors (Lipinski definition) is 2. The molecule has 26 heavy (non-hydrogen) atoms. The zero-order valence-electron chi connectivity index (χ0n) is 14.2. The van der Waals surface area contributed by atoms with Crippen LogP contribution >= 0.6 is 11.3 Å². The lowest BCUT2D eigenvalue weighted by Crippen LogP contribution is -2.37. The Balaban J connectivity index is 1.58. The highest BCUT2D eigenvalue weighted by atomic mass is 32.1. The molecular formula is C17H16N6O2S. The van der Waals surface area contributed by atoms with Gasteiger partial charge in [0.25, 0.3) is 5.91 Å². The largest absolute Gasteiger partial charge is 0.334 e. The number of aliphatic imine (C=N–C) groups is 1. The lowest BCUT2D eigenvalue weighted by Gasteiger charge is -2.13. The van der Waals surface area contributed by atoms with Crippen molar-refractivity contribution in [2.45, 2.75) is 13.5 Å². The number of carbonyl (C=O) groups excluding carboxylic acids is 1. The first-order chi connectivity index (χ1) is 12.5. The monoisotopic (exact) mass is 368 g/mol. The lowest BCUT2D eigenvalue weighted by atomic mass is 10.1. The molecule has 132 valence electrons. The van der Waals surface area contributed by atoms with Crippen LogP contribution in [0.3, 0.4) is 0 Å². The highest BCUT2D eigenvalue weighted by molar-refractivity contribution is 7.09. The minimum Gasteiger partial charge on any atom is -0.334 e. The Morgan fingerprint density at radius 1 is 1.42 bits per heavy atom. The maximum atomic E-state index is 12.2. The van der Waals surface area contributed by atoms with Gasteiger partial charge in [-0.15, -0.1) is 11.3 Å². The van der Waals surface area contributed by atoms with E-state index in [9.17, 15) is 10.0 Å². The second kappa shape index (κ2) is 6.36. The molecular weight excluding hydrogens is 352 g/mol. The predicted octanol–water partition coefficient (Wildman–Crippen LogP) is 2.06. The fourth-order valence-corrected chi connectivity index (χ4v) is 3.40. The van der Waals surface area contributed by atoms with Gasteiger partial charge in [0.15, 0.2) is 0 Å². The predicted molar refractivity (Wildman–Crippen MR) is 98.4 cm³/mol. The minimum atomic E-state index is -0.362. The zero-order valence-corrected chi connectivity index (χ0v) is 15.0. The lowest BCUT2D eigenvalue weighted by molar-refractivity contribution is -0.116. The van der Waals surface area contributed by atoms with E-state index in [2.05, 4.69) is 20.3 Å². The average Bonchev–Trinajstić information content (AvgIpc) is 3.29. The van der Waals surface area contributed by atoms with E-state index >= 15 is 0 Å². The highest BCUT2D eigenvalue weighted by Gasteiger charge is 2.24. The van der Waals surface area contributed by atoms with Crippen LogP contribution in [-0.4, -0.2) is 36.7 Å². The van der Waals surface area contributed by atoms with Gasteiger partial charge in [0.1, 0.15) is 17.2 Å². The van der Waals surface area contributed by atoms with Crippen molar-refractivity contribution >= 4 is 40.3 Å². The van der Waals surface area contributed by atoms with Crippen molar-refractivity contribution in [2.24, 2.45) is 12.0 Å². The number of amides is 1. The summed E-state index contributed by atoms with van der Waals surface area (Å²) < 4.78 is 1.91. The van der Waals surface area contributed by atoms with Crippen LogP contribution in [0.4, 0.5) is 0 Å². The van der Waals surface area contributed by atoms with Crippen LogP contribution in [0.2, 0.25) is 0 Å². The Hall–Kier alpha value is -3.04. The molecule has 0 unspecified atom stereocenters. The van der Waals surface area contributed by atoms with Gasteiger partial charge in [-0.05, 0) is 30.7 Å². The number of fused-ring (bicyclic) bond motifs is 1. The molecule has 1 amide bonds. The Morgan fingerprint density at radius 2 is 2.27 bits per heavy atom. The van der Waals surface area contributed by atoms with Crippen molar-refractivity contribution in [1.29, 1.82) is 0 Å². The number of imidazole rings is 1. The summed E-state index contributed by atoms with van der Waals surface area (Å²) in [6.07, 6.45) is 3.42. The Kier molecular flexibility index (Phi) is 4.02. The molecule has 1 aliphatic heterocycles. The van der Waals surface area contributed by atoms with Crippen LogP contribution in [0.25, 0.3) is 17.1 Å². The van der Waals surface area contributed by atoms with Crippen LogP contribution in [0, 0.1) is 6.92 Å². The zero-order chi connectivity index (χ0) is 18.3. The molecule has 0 spiro atoms. The van der Waals surface area contributed by atoms with E-state index in [1.54, 1.807) is 12.4 Å². The van der Waals surface area contributed by atoms with Gasteiger partial charge in [-0.1, -0.05) is 6.07 Å². The summed E-state index contributed by atoms with van der Waals surface area (Å²) in [5, 5.41) is 16.3. The molecule has 4 rings (SSSR count). The van der Waals surface area contributed by atoms with Crippen molar-refractivity contribution in [3.05, 3.63) is 51.9 Å². The third kappa shape index (κ3) is 3.09. The van der Waals surface area contributed by atoms with Crippen molar-refractivity contribution in [1.82, 2.24) is 24.9 Å². The third-order valence-corrected chi connectivity index (χ3v) is 4.88. The van der Waals surface area contributed by atoms with Gasteiger partial charge in [-0.2, -0.15) is 0 Å². The van der Waals surface area contributed by atoms with Crippen LogP contribution < -0.4 is 5.32 Å². The first-order valence-electron chi connectivity index (χ1n) is 7.90. The van der Waals surface area contributed by atoms with Crippen LogP contribution in [0.1, 0.15) is 16.3 Å². The molecule has 1 aromatic carbocycles. The standard InChI is InChI=1S/C17H16N6O2S/c1-10-8-26-15(19-10)7-23(25)17-20-13(16(24)21-17)5-11-3-4-12-14(6-11)22(2)9-18-12/h3-6,8-9,25H,7H2,1-2H3,(H,20,21,24)/b13-5-. The summed E-state index contributed by atoms with van der Waals surface area (Å²) in [7, 11) is 1.91. The third-order valence-electron chi connectivity index (χ3n) is 3.93. The van der Waals surface area contributed by atoms with E-state index in [1.165, 1.54) is 11.3 Å². The number of aryl methyl sites for hydroxylation is 2. The fourth-order valence-electron chi connectivity index (χ4n) is 2.65.